The number of fused-ring (bicyclic) bond motifs is 10. The zero-order valence-electron chi connectivity index (χ0n) is 17.3. The van der Waals surface area contributed by atoms with E-state index in [2.05, 4.69) is 24.3 Å². The molecule has 4 fully saturated rings. The fraction of sp³-hybridized carbons (Fsp3) is 0.667. The van der Waals surface area contributed by atoms with Gasteiger partial charge in [-0.05, 0) is 55.3 Å². The van der Waals surface area contributed by atoms with Crippen molar-refractivity contribution >= 4 is 23.6 Å². The molecule has 4 aliphatic carbocycles. The minimum absolute atomic E-state index is 0.00870. The van der Waals surface area contributed by atoms with Crippen LogP contribution in [0.3, 0.4) is 0 Å². The number of allylic oxidation sites excluding steroid dienone is 4. The molecule has 4 bridgehead atoms. The van der Waals surface area contributed by atoms with Crippen molar-refractivity contribution in [3.8, 4) is 0 Å². The Morgan fingerprint density at radius 2 is 1.13 bits per heavy atom. The van der Waals surface area contributed by atoms with E-state index in [-0.39, 0.29) is 76.9 Å². The summed E-state index contributed by atoms with van der Waals surface area (Å²) in [5.74, 6) is 0.642. The Hall–Kier alpha value is -2.24. The number of nitrogens with zero attached hydrogens (tertiary/aromatic N) is 2. The Bertz CT molecular complexity index is 847. The molecule has 0 aromatic rings. The molecule has 6 rings (SSSR count). The lowest BCUT2D eigenvalue weighted by Gasteiger charge is -2.22. The zero-order valence-corrected chi connectivity index (χ0v) is 17.3. The van der Waals surface area contributed by atoms with Crippen LogP contribution in [0.25, 0.3) is 0 Å². The Morgan fingerprint density at radius 3 is 1.57 bits per heavy atom. The molecule has 9 atom stereocenters. The quantitative estimate of drug-likeness (QED) is 0.498. The van der Waals surface area contributed by atoms with E-state index in [1.807, 2.05) is 6.92 Å². The maximum Gasteiger partial charge on any atom is 0.233 e. The summed E-state index contributed by atoms with van der Waals surface area (Å²) >= 11 is 0. The van der Waals surface area contributed by atoms with E-state index < -0.39 is 0 Å². The average molecular weight is 408 g/mol. The summed E-state index contributed by atoms with van der Waals surface area (Å²) in [6.07, 6.45) is 11.9. The lowest BCUT2D eigenvalue weighted by molar-refractivity contribution is -0.142. The SMILES string of the molecule is CC(CCCN1C(=O)C2C3C=CC(C3)C2C1=O)CN1C(=O)C2C3C=CC(C3)C2C1=O. The van der Waals surface area contributed by atoms with Crippen LogP contribution in [0.1, 0.15) is 32.6 Å². The second kappa shape index (κ2) is 6.38. The topological polar surface area (TPSA) is 74.8 Å². The highest BCUT2D eigenvalue weighted by atomic mass is 16.2. The maximum atomic E-state index is 12.8. The zero-order chi connectivity index (χ0) is 20.7. The molecule has 0 aromatic carbocycles. The Morgan fingerprint density at radius 1 is 0.733 bits per heavy atom. The van der Waals surface area contributed by atoms with Crippen molar-refractivity contribution in [1.29, 1.82) is 0 Å². The summed E-state index contributed by atoms with van der Waals surface area (Å²) in [6.45, 7) is 2.95. The largest absolute Gasteiger partial charge is 0.282 e. The first-order chi connectivity index (χ1) is 14.5. The molecule has 2 heterocycles. The molecule has 0 spiro atoms. The molecule has 30 heavy (non-hydrogen) atoms. The number of likely N-dealkylation sites (tertiary alicyclic amines) is 2. The van der Waals surface area contributed by atoms with E-state index in [1.165, 1.54) is 9.80 Å². The van der Waals surface area contributed by atoms with Crippen molar-refractivity contribution in [3.05, 3.63) is 24.3 Å². The highest BCUT2D eigenvalue weighted by molar-refractivity contribution is 6.07. The lowest BCUT2D eigenvalue weighted by atomic mass is 9.85. The van der Waals surface area contributed by atoms with Gasteiger partial charge in [-0.2, -0.15) is 0 Å². The van der Waals surface area contributed by atoms with Crippen molar-refractivity contribution in [1.82, 2.24) is 9.80 Å². The van der Waals surface area contributed by atoms with Gasteiger partial charge in [0.15, 0.2) is 0 Å². The molecule has 2 saturated carbocycles. The van der Waals surface area contributed by atoms with E-state index in [0.717, 1.165) is 25.7 Å². The molecule has 6 nitrogen and oxygen atoms in total. The normalized spacial score (nSPS) is 43.5. The van der Waals surface area contributed by atoms with Crippen LogP contribution in [-0.2, 0) is 19.2 Å². The lowest BCUT2D eigenvalue weighted by Crippen LogP contribution is -2.37. The standard InChI is InChI=1S/C24H28N2O4/c1-12(11-26-23(29)19-15-6-7-16(10-15)20(19)24(26)30)3-2-8-25-21(27)17-13-4-5-14(9-13)18(17)22(25)28/h4-7,12-20H,2-3,8-11H2,1H3. The number of carbonyl (C=O) groups excluding carboxylic acids is 4. The van der Waals surface area contributed by atoms with E-state index in [9.17, 15) is 19.2 Å². The fourth-order valence-electron chi connectivity index (χ4n) is 7.33. The van der Waals surface area contributed by atoms with Crippen LogP contribution >= 0.6 is 0 Å². The number of amides is 4. The number of hydrogen-bond acceptors (Lipinski definition) is 4. The number of imide groups is 2. The predicted molar refractivity (Wildman–Crippen MR) is 107 cm³/mol. The molecule has 6 aliphatic rings. The Kier molecular flexibility index (Phi) is 3.94. The van der Waals surface area contributed by atoms with Crippen molar-refractivity contribution in [2.24, 2.45) is 53.3 Å². The monoisotopic (exact) mass is 408 g/mol. The van der Waals surface area contributed by atoms with Crippen LogP contribution in [0.2, 0.25) is 0 Å². The molecule has 6 heteroatoms. The third kappa shape index (κ3) is 2.36. The van der Waals surface area contributed by atoms with Gasteiger partial charge >= 0.3 is 0 Å². The molecule has 158 valence electrons. The average Bonchev–Trinajstić information content (AvgIpc) is 3.55. The van der Waals surface area contributed by atoms with Gasteiger partial charge in [0.05, 0.1) is 23.7 Å². The van der Waals surface area contributed by atoms with Gasteiger partial charge in [0, 0.05) is 13.1 Å². The van der Waals surface area contributed by atoms with Gasteiger partial charge in [-0.25, -0.2) is 0 Å². The summed E-state index contributed by atoms with van der Waals surface area (Å²) in [4.78, 5) is 54.2. The first-order valence-electron chi connectivity index (χ1n) is 11.5. The smallest absolute Gasteiger partial charge is 0.233 e. The number of hydrogen-bond donors (Lipinski definition) is 0. The first kappa shape index (κ1) is 18.5. The third-order valence-corrected chi connectivity index (χ3v) is 8.70. The summed E-state index contributed by atoms with van der Waals surface area (Å²) in [6, 6.07) is 0. The van der Waals surface area contributed by atoms with Gasteiger partial charge in [-0.3, -0.25) is 29.0 Å². The molecule has 0 radical (unpaired) electrons. The van der Waals surface area contributed by atoms with Crippen LogP contribution in [-0.4, -0.2) is 46.5 Å². The first-order valence-corrected chi connectivity index (χ1v) is 11.5. The van der Waals surface area contributed by atoms with Crippen LogP contribution in [0.15, 0.2) is 24.3 Å². The molecular weight excluding hydrogens is 380 g/mol. The summed E-state index contributed by atoms with van der Waals surface area (Å²) < 4.78 is 0. The summed E-state index contributed by atoms with van der Waals surface area (Å²) in [7, 11) is 0. The van der Waals surface area contributed by atoms with Crippen molar-refractivity contribution < 1.29 is 19.2 Å². The van der Waals surface area contributed by atoms with Crippen LogP contribution in [0.4, 0.5) is 0 Å². The molecular formula is C24H28N2O4. The van der Waals surface area contributed by atoms with Gasteiger partial charge < -0.3 is 0 Å². The Balaban J connectivity index is 1.03. The highest BCUT2D eigenvalue weighted by Crippen LogP contribution is 2.53. The van der Waals surface area contributed by atoms with Gasteiger partial charge in [0.25, 0.3) is 0 Å². The number of rotatable bonds is 6. The van der Waals surface area contributed by atoms with Gasteiger partial charge in [0.2, 0.25) is 23.6 Å². The maximum absolute atomic E-state index is 12.8. The highest BCUT2D eigenvalue weighted by Gasteiger charge is 2.60. The molecule has 4 amide bonds. The predicted octanol–water partition coefficient (Wildman–Crippen LogP) is 2.02. The van der Waals surface area contributed by atoms with E-state index >= 15 is 0 Å². The third-order valence-electron chi connectivity index (χ3n) is 8.70. The van der Waals surface area contributed by atoms with E-state index in [1.54, 1.807) is 0 Å². The van der Waals surface area contributed by atoms with Crippen LogP contribution < -0.4 is 0 Å². The molecule has 0 aromatic heterocycles. The van der Waals surface area contributed by atoms with Crippen molar-refractivity contribution in [2.45, 2.75) is 32.6 Å². The number of carbonyl (C=O) groups is 4. The van der Waals surface area contributed by atoms with E-state index in [0.29, 0.717) is 13.1 Å². The summed E-state index contributed by atoms with van der Waals surface area (Å²) in [5, 5.41) is 0. The molecule has 2 saturated heterocycles. The van der Waals surface area contributed by atoms with Gasteiger partial charge in [-0.15, -0.1) is 0 Å². The fourth-order valence-corrected chi connectivity index (χ4v) is 7.33. The van der Waals surface area contributed by atoms with Crippen LogP contribution in [0, 0.1) is 53.3 Å². The van der Waals surface area contributed by atoms with Gasteiger partial charge in [-0.1, -0.05) is 31.2 Å². The minimum atomic E-state index is -0.136. The molecule has 9 unspecified atom stereocenters. The van der Waals surface area contributed by atoms with Gasteiger partial charge in [0.1, 0.15) is 0 Å². The molecule has 0 N–H and O–H groups in total. The van der Waals surface area contributed by atoms with Crippen molar-refractivity contribution in [3.63, 3.8) is 0 Å². The van der Waals surface area contributed by atoms with Crippen molar-refractivity contribution in [2.75, 3.05) is 13.1 Å². The molecule has 2 aliphatic heterocycles. The second-order valence-corrected chi connectivity index (χ2v) is 10.4. The minimum Gasteiger partial charge on any atom is -0.282 e. The summed E-state index contributed by atoms with van der Waals surface area (Å²) in [5.41, 5.74) is 0. The van der Waals surface area contributed by atoms with E-state index in [4.69, 9.17) is 0 Å². The van der Waals surface area contributed by atoms with Crippen LogP contribution in [0.5, 0.6) is 0 Å². The second-order valence-electron chi connectivity index (χ2n) is 10.4. The Labute approximate surface area is 176 Å².